The van der Waals surface area contributed by atoms with Crippen molar-refractivity contribution in [3.05, 3.63) is 60.2 Å². The topological polar surface area (TPSA) is 107 Å². The molecule has 1 N–H and O–H groups in total. The number of rotatable bonds is 4. The number of hydrogen-bond donors (Lipinski definition) is 1. The van der Waals surface area contributed by atoms with E-state index in [2.05, 4.69) is 29.8 Å². The summed E-state index contributed by atoms with van der Waals surface area (Å²) in [7, 11) is 0. The molecule has 5 heterocycles. The van der Waals surface area contributed by atoms with Crippen molar-refractivity contribution < 1.29 is 9.59 Å². The van der Waals surface area contributed by atoms with Crippen LogP contribution in [-0.2, 0) is 0 Å². The molecule has 0 bridgehead atoms. The van der Waals surface area contributed by atoms with E-state index >= 15 is 0 Å². The Balaban J connectivity index is 1.24. The van der Waals surface area contributed by atoms with Gasteiger partial charge in [-0.25, -0.2) is 9.78 Å². The molecule has 2 saturated heterocycles. The summed E-state index contributed by atoms with van der Waals surface area (Å²) in [6, 6.07) is 9.39. The highest BCUT2D eigenvalue weighted by atomic mass is 32.1. The molecule has 1 atom stereocenters. The molecular weight excluding hydrogens is 452 g/mol. The molecule has 2 aliphatic heterocycles. The number of anilines is 2. The third kappa shape index (κ3) is 4.69. The van der Waals surface area contributed by atoms with Crippen molar-refractivity contribution in [2.24, 2.45) is 0 Å². The number of piperidine rings is 1. The van der Waals surface area contributed by atoms with Crippen LogP contribution in [0, 0.1) is 0 Å². The van der Waals surface area contributed by atoms with Gasteiger partial charge in [0.15, 0.2) is 10.7 Å². The number of likely N-dealkylation sites (tertiary alicyclic amines) is 1. The lowest BCUT2D eigenvalue weighted by Crippen LogP contribution is -2.50. The van der Waals surface area contributed by atoms with Gasteiger partial charge in [-0.1, -0.05) is 16.6 Å². The predicted molar refractivity (Wildman–Crippen MR) is 129 cm³/mol. The molecule has 176 valence electrons. The number of carbonyl (C=O) groups is 2. The molecule has 3 aromatic rings. The molecule has 5 rings (SSSR count). The quantitative estimate of drug-likeness (QED) is 0.614. The highest BCUT2D eigenvalue weighted by molar-refractivity contribution is 7.10. The first-order chi connectivity index (χ1) is 16.7. The number of hydrogen-bond acceptors (Lipinski definition) is 8. The standard InChI is InChI=1S/C23H26N8O2S/c32-22(31-11-4-2-7-18(31)17-6-5-9-24-16-17)20-21(34-28-27-20)26-23(33)30-14-12-29(13-15-30)19-8-1-3-10-25-19/h1,3,5-6,8-10,16,18H,2,4,7,11-15H2,(H,26,33). The molecule has 34 heavy (non-hydrogen) atoms. The number of aromatic nitrogens is 4. The van der Waals surface area contributed by atoms with Gasteiger partial charge in [0, 0.05) is 62.8 Å². The molecular formula is C23H26N8O2S. The average Bonchev–Trinajstić information content (AvgIpc) is 3.37. The van der Waals surface area contributed by atoms with E-state index < -0.39 is 0 Å². The Kier molecular flexibility index (Phi) is 6.61. The summed E-state index contributed by atoms with van der Waals surface area (Å²) >= 11 is 1.03. The molecule has 0 radical (unpaired) electrons. The van der Waals surface area contributed by atoms with Crippen LogP contribution in [0.2, 0.25) is 0 Å². The van der Waals surface area contributed by atoms with Gasteiger partial charge >= 0.3 is 6.03 Å². The third-order valence-corrected chi connectivity index (χ3v) is 6.93. The molecule has 0 saturated carbocycles. The van der Waals surface area contributed by atoms with E-state index in [-0.39, 0.29) is 23.7 Å². The van der Waals surface area contributed by atoms with Gasteiger partial charge in [0.1, 0.15) is 5.82 Å². The van der Waals surface area contributed by atoms with Crippen molar-refractivity contribution in [3.63, 3.8) is 0 Å². The molecule has 1 unspecified atom stereocenters. The van der Waals surface area contributed by atoms with Crippen LogP contribution < -0.4 is 10.2 Å². The largest absolute Gasteiger partial charge is 0.353 e. The molecule has 2 aliphatic rings. The second-order valence-corrected chi connectivity index (χ2v) is 9.09. The zero-order chi connectivity index (χ0) is 23.3. The van der Waals surface area contributed by atoms with Gasteiger partial charge in [-0.2, -0.15) is 0 Å². The Bertz CT molecular complexity index is 1120. The number of nitrogens with one attached hydrogen (secondary N) is 1. The fourth-order valence-corrected chi connectivity index (χ4v) is 5.05. The first kappa shape index (κ1) is 22.2. The maximum absolute atomic E-state index is 13.5. The fourth-order valence-electron chi connectivity index (χ4n) is 4.50. The Labute approximate surface area is 201 Å². The Morgan fingerprint density at radius 1 is 1.00 bits per heavy atom. The number of urea groups is 1. The van der Waals surface area contributed by atoms with Gasteiger partial charge in [-0.3, -0.25) is 15.1 Å². The molecule has 11 heteroatoms. The highest BCUT2D eigenvalue weighted by Gasteiger charge is 2.33. The Morgan fingerprint density at radius 2 is 1.88 bits per heavy atom. The molecule has 10 nitrogen and oxygen atoms in total. The van der Waals surface area contributed by atoms with E-state index in [0.717, 1.165) is 42.2 Å². The normalized spacial score (nSPS) is 18.6. The van der Waals surface area contributed by atoms with Crippen LogP contribution in [0.15, 0.2) is 48.9 Å². The van der Waals surface area contributed by atoms with Crippen LogP contribution in [0.25, 0.3) is 0 Å². The van der Waals surface area contributed by atoms with Crippen molar-refractivity contribution in [2.45, 2.75) is 25.3 Å². The van der Waals surface area contributed by atoms with E-state index in [9.17, 15) is 9.59 Å². The van der Waals surface area contributed by atoms with Crippen LogP contribution in [0.5, 0.6) is 0 Å². The van der Waals surface area contributed by atoms with Gasteiger partial charge in [-0.05, 0) is 43.0 Å². The summed E-state index contributed by atoms with van der Waals surface area (Å²) in [6.45, 7) is 3.15. The molecule has 2 fully saturated rings. The predicted octanol–water partition coefficient (Wildman–Crippen LogP) is 3.05. The number of amides is 3. The van der Waals surface area contributed by atoms with Gasteiger partial charge < -0.3 is 14.7 Å². The number of carbonyl (C=O) groups excluding carboxylic acids is 2. The monoisotopic (exact) mass is 478 g/mol. The van der Waals surface area contributed by atoms with Crippen molar-refractivity contribution in [2.75, 3.05) is 42.9 Å². The lowest BCUT2D eigenvalue weighted by Gasteiger charge is -2.36. The second-order valence-electron chi connectivity index (χ2n) is 8.34. The van der Waals surface area contributed by atoms with Crippen molar-refractivity contribution >= 4 is 34.3 Å². The molecule has 3 amide bonds. The van der Waals surface area contributed by atoms with E-state index in [1.54, 1.807) is 17.3 Å². The van der Waals surface area contributed by atoms with Crippen LogP contribution in [0.1, 0.15) is 41.4 Å². The first-order valence-electron chi connectivity index (χ1n) is 11.5. The summed E-state index contributed by atoms with van der Waals surface area (Å²) in [5.74, 6) is 0.698. The third-order valence-electron chi connectivity index (χ3n) is 6.28. The number of nitrogens with zero attached hydrogens (tertiary/aromatic N) is 7. The zero-order valence-electron chi connectivity index (χ0n) is 18.7. The molecule has 0 aliphatic carbocycles. The minimum absolute atomic E-state index is 0.0557. The van der Waals surface area contributed by atoms with Gasteiger partial charge in [0.2, 0.25) is 0 Å². The molecule has 3 aromatic heterocycles. The summed E-state index contributed by atoms with van der Waals surface area (Å²) in [6.07, 6.45) is 8.16. The van der Waals surface area contributed by atoms with E-state index in [0.29, 0.717) is 37.7 Å². The minimum atomic E-state index is -0.247. The van der Waals surface area contributed by atoms with Crippen LogP contribution >= 0.6 is 11.5 Å². The summed E-state index contributed by atoms with van der Waals surface area (Å²) in [4.78, 5) is 40.7. The van der Waals surface area contributed by atoms with Crippen molar-refractivity contribution in [1.82, 2.24) is 29.4 Å². The summed E-state index contributed by atoms with van der Waals surface area (Å²) < 4.78 is 3.97. The van der Waals surface area contributed by atoms with E-state index in [1.165, 1.54) is 0 Å². The summed E-state index contributed by atoms with van der Waals surface area (Å²) in [5.41, 5.74) is 1.20. The zero-order valence-corrected chi connectivity index (χ0v) is 19.5. The van der Waals surface area contributed by atoms with Crippen molar-refractivity contribution in [1.29, 1.82) is 0 Å². The number of pyridine rings is 2. The SMILES string of the molecule is O=C(Nc1snnc1C(=O)N1CCCCC1c1cccnc1)N1CCN(c2ccccn2)CC1. The highest BCUT2D eigenvalue weighted by Crippen LogP contribution is 2.33. The van der Waals surface area contributed by atoms with Crippen LogP contribution in [0.3, 0.4) is 0 Å². The average molecular weight is 479 g/mol. The lowest BCUT2D eigenvalue weighted by molar-refractivity contribution is 0.0606. The lowest BCUT2D eigenvalue weighted by atomic mass is 9.96. The minimum Gasteiger partial charge on any atom is -0.353 e. The first-order valence-corrected chi connectivity index (χ1v) is 12.2. The Morgan fingerprint density at radius 3 is 2.65 bits per heavy atom. The van der Waals surface area contributed by atoms with Crippen LogP contribution in [-0.4, -0.2) is 74.0 Å². The van der Waals surface area contributed by atoms with Gasteiger partial charge in [-0.15, -0.1) is 5.10 Å². The molecule has 0 aromatic carbocycles. The molecule has 0 spiro atoms. The van der Waals surface area contributed by atoms with Crippen LogP contribution in [0.4, 0.5) is 15.6 Å². The van der Waals surface area contributed by atoms with E-state index in [1.807, 2.05) is 41.4 Å². The van der Waals surface area contributed by atoms with Gasteiger partial charge in [0.05, 0.1) is 6.04 Å². The second kappa shape index (κ2) is 10.1. The Hall–Kier alpha value is -3.60. The maximum atomic E-state index is 13.5. The maximum Gasteiger partial charge on any atom is 0.322 e. The van der Waals surface area contributed by atoms with Crippen molar-refractivity contribution in [3.8, 4) is 0 Å². The van der Waals surface area contributed by atoms with E-state index in [4.69, 9.17) is 0 Å². The fraction of sp³-hybridized carbons (Fsp3) is 0.391. The smallest absolute Gasteiger partial charge is 0.322 e. The van der Waals surface area contributed by atoms with Gasteiger partial charge in [0.25, 0.3) is 5.91 Å². The number of piperazine rings is 1. The summed E-state index contributed by atoms with van der Waals surface area (Å²) in [5, 5.41) is 7.34.